The van der Waals surface area contributed by atoms with Crippen LogP contribution in [-0.2, 0) is 7.05 Å². The number of aryl methyl sites for hydroxylation is 1. The van der Waals surface area contributed by atoms with Gasteiger partial charge in [0.1, 0.15) is 5.69 Å². The summed E-state index contributed by atoms with van der Waals surface area (Å²) < 4.78 is 2.29. The summed E-state index contributed by atoms with van der Waals surface area (Å²) in [6.45, 7) is 0. The third-order valence-electron chi connectivity index (χ3n) is 1.45. The molecule has 0 atom stereocenters. The molecule has 0 aliphatic carbocycles. The van der Waals surface area contributed by atoms with Crippen molar-refractivity contribution in [2.24, 2.45) is 7.05 Å². The Kier molecular flexibility index (Phi) is 1.54. The van der Waals surface area contributed by atoms with E-state index in [0.717, 1.165) is 5.69 Å². The summed E-state index contributed by atoms with van der Waals surface area (Å²) in [6, 6.07) is 0. The van der Waals surface area contributed by atoms with Gasteiger partial charge in [-0.1, -0.05) is 0 Å². The minimum atomic E-state index is 0.440. The van der Waals surface area contributed by atoms with Gasteiger partial charge in [-0.2, -0.15) is 4.98 Å². The molecule has 0 saturated carbocycles. The molecule has 0 radical (unpaired) electrons. The Balaban J connectivity index is 2.50. The third kappa shape index (κ3) is 1.16. The van der Waals surface area contributed by atoms with Crippen LogP contribution >= 0.6 is 12.2 Å². The van der Waals surface area contributed by atoms with E-state index in [1.54, 1.807) is 6.33 Å². The molecule has 6 heteroatoms. The van der Waals surface area contributed by atoms with Crippen LogP contribution in [0.5, 0.6) is 0 Å². The van der Waals surface area contributed by atoms with E-state index < -0.39 is 0 Å². The summed E-state index contributed by atoms with van der Waals surface area (Å²) in [4.78, 5) is 8.12. The van der Waals surface area contributed by atoms with Crippen molar-refractivity contribution < 1.29 is 0 Å². The first kappa shape index (κ1) is 7.23. The van der Waals surface area contributed by atoms with Gasteiger partial charge in [0.15, 0.2) is 5.82 Å². The third-order valence-corrected chi connectivity index (χ3v) is 1.64. The largest absolute Gasteiger partial charge is 0.340 e. The molecule has 2 heterocycles. The number of rotatable bonds is 1. The van der Waals surface area contributed by atoms with Crippen LogP contribution in [0, 0.1) is 4.77 Å². The van der Waals surface area contributed by atoms with Gasteiger partial charge in [-0.3, -0.25) is 10.2 Å². The number of aromatic nitrogens is 5. The first-order valence-electron chi connectivity index (χ1n) is 3.39. The molecule has 5 nitrogen and oxygen atoms in total. The molecule has 2 rings (SSSR count). The van der Waals surface area contributed by atoms with Crippen molar-refractivity contribution in [3.05, 3.63) is 17.3 Å². The number of nitrogens with zero attached hydrogens (tertiary/aromatic N) is 3. The smallest absolute Gasteiger partial charge is 0.213 e. The molecule has 2 aromatic rings. The first-order valence-corrected chi connectivity index (χ1v) is 3.79. The van der Waals surface area contributed by atoms with Crippen molar-refractivity contribution in [1.82, 2.24) is 24.7 Å². The van der Waals surface area contributed by atoms with Crippen molar-refractivity contribution in [2.45, 2.75) is 0 Å². The standard InChI is InChI=1S/C6H7N5S/c1-11-2-4(7-3-11)5-8-6(12)10-9-5/h2-3H,1H3,(H2,8,9,10,12). The van der Waals surface area contributed by atoms with Crippen LogP contribution in [0.15, 0.2) is 12.5 Å². The highest BCUT2D eigenvalue weighted by atomic mass is 32.1. The molecule has 0 fully saturated rings. The van der Waals surface area contributed by atoms with Gasteiger partial charge in [-0.05, 0) is 12.2 Å². The number of imidazole rings is 1. The molecule has 0 spiro atoms. The number of aromatic amines is 2. The van der Waals surface area contributed by atoms with Crippen LogP contribution in [0.4, 0.5) is 0 Å². The fourth-order valence-corrected chi connectivity index (χ4v) is 1.07. The van der Waals surface area contributed by atoms with Gasteiger partial charge in [0.25, 0.3) is 0 Å². The van der Waals surface area contributed by atoms with E-state index in [1.807, 2.05) is 17.8 Å². The van der Waals surface area contributed by atoms with Crippen molar-refractivity contribution in [3.63, 3.8) is 0 Å². The van der Waals surface area contributed by atoms with E-state index in [4.69, 9.17) is 12.2 Å². The number of H-pyrrole nitrogens is 2. The zero-order chi connectivity index (χ0) is 8.55. The Morgan fingerprint density at radius 1 is 1.50 bits per heavy atom. The van der Waals surface area contributed by atoms with E-state index in [9.17, 15) is 0 Å². The predicted octanol–water partition coefficient (Wildman–Crippen LogP) is 0.868. The van der Waals surface area contributed by atoms with E-state index in [-0.39, 0.29) is 0 Å². The Hall–Kier alpha value is -1.43. The maximum absolute atomic E-state index is 4.81. The normalized spacial score (nSPS) is 10.4. The molecule has 0 aliphatic rings. The maximum atomic E-state index is 4.81. The fourth-order valence-electron chi connectivity index (χ4n) is 0.927. The lowest BCUT2D eigenvalue weighted by molar-refractivity contribution is 0.913. The van der Waals surface area contributed by atoms with Crippen LogP contribution in [0.2, 0.25) is 0 Å². The van der Waals surface area contributed by atoms with Crippen molar-refractivity contribution in [2.75, 3.05) is 0 Å². The molecule has 0 aliphatic heterocycles. The lowest BCUT2D eigenvalue weighted by Crippen LogP contribution is -1.80. The number of hydrogen-bond donors (Lipinski definition) is 2. The molecule has 0 bridgehead atoms. The van der Waals surface area contributed by atoms with Crippen molar-refractivity contribution in [3.8, 4) is 11.5 Å². The van der Waals surface area contributed by atoms with E-state index in [1.165, 1.54) is 0 Å². The summed E-state index contributed by atoms with van der Waals surface area (Å²) >= 11 is 4.81. The fraction of sp³-hybridized carbons (Fsp3) is 0.167. The molecule has 0 unspecified atom stereocenters. The summed E-state index contributed by atoms with van der Waals surface area (Å²) in [7, 11) is 1.90. The van der Waals surface area contributed by atoms with E-state index in [2.05, 4.69) is 20.2 Å². The van der Waals surface area contributed by atoms with Crippen LogP contribution in [0.1, 0.15) is 0 Å². The average molecular weight is 181 g/mol. The lowest BCUT2D eigenvalue weighted by atomic mass is 10.5. The van der Waals surface area contributed by atoms with Crippen molar-refractivity contribution >= 4 is 12.2 Å². The highest BCUT2D eigenvalue weighted by Crippen LogP contribution is 2.08. The second kappa shape index (κ2) is 2.56. The van der Waals surface area contributed by atoms with Gasteiger partial charge in [0.2, 0.25) is 4.77 Å². The number of hydrogen-bond acceptors (Lipinski definition) is 3. The van der Waals surface area contributed by atoms with E-state index in [0.29, 0.717) is 10.6 Å². The van der Waals surface area contributed by atoms with Gasteiger partial charge in [0.05, 0.1) is 6.33 Å². The summed E-state index contributed by atoms with van der Waals surface area (Å²) in [6.07, 6.45) is 3.57. The average Bonchev–Trinajstić information content (AvgIpc) is 2.58. The molecule has 2 aromatic heterocycles. The predicted molar refractivity (Wildman–Crippen MR) is 46.0 cm³/mol. The Morgan fingerprint density at radius 2 is 2.33 bits per heavy atom. The van der Waals surface area contributed by atoms with Crippen LogP contribution < -0.4 is 0 Å². The highest BCUT2D eigenvalue weighted by molar-refractivity contribution is 7.71. The zero-order valence-electron chi connectivity index (χ0n) is 6.40. The number of nitrogens with one attached hydrogen (secondary N) is 2. The van der Waals surface area contributed by atoms with Crippen molar-refractivity contribution in [1.29, 1.82) is 0 Å². The molecular weight excluding hydrogens is 174 g/mol. The second-order valence-corrected chi connectivity index (χ2v) is 2.83. The van der Waals surface area contributed by atoms with Gasteiger partial charge < -0.3 is 4.57 Å². The molecule has 0 aromatic carbocycles. The minimum Gasteiger partial charge on any atom is -0.340 e. The van der Waals surface area contributed by atoms with E-state index >= 15 is 0 Å². The van der Waals surface area contributed by atoms with Gasteiger partial charge in [-0.25, -0.2) is 4.98 Å². The second-order valence-electron chi connectivity index (χ2n) is 2.44. The summed E-state index contributed by atoms with van der Waals surface area (Å²) in [5, 5.41) is 5.52. The molecule has 0 amide bonds. The molecule has 12 heavy (non-hydrogen) atoms. The van der Waals surface area contributed by atoms with Crippen LogP contribution in [0.3, 0.4) is 0 Å². The molecule has 0 saturated heterocycles. The van der Waals surface area contributed by atoms with Gasteiger partial charge in [0, 0.05) is 13.2 Å². The monoisotopic (exact) mass is 181 g/mol. The van der Waals surface area contributed by atoms with Crippen LogP contribution in [0.25, 0.3) is 11.5 Å². The maximum Gasteiger partial charge on any atom is 0.213 e. The highest BCUT2D eigenvalue weighted by Gasteiger charge is 2.02. The Morgan fingerprint density at radius 3 is 2.83 bits per heavy atom. The summed E-state index contributed by atoms with van der Waals surface area (Å²) in [5.74, 6) is 0.667. The first-order chi connectivity index (χ1) is 5.75. The molecular formula is C6H7N5S. The van der Waals surface area contributed by atoms with Gasteiger partial charge >= 0.3 is 0 Å². The quantitative estimate of drug-likeness (QED) is 0.641. The minimum absolute atomic E-state index is 0.440. The van der Waals surface area contributed by atoms with Crippen LogP contribution in [-0.4, -0.2) is 24.7 Å². The molecule has 62 valence electrons. The molecule has 2 N–H and O–H groups in total. The topological polar surface area (TPSA) is 62.3 Å². The zero-order valence-corrected chi connectivity index (χ0v) is 7.22. The Labute approximate surface area is 73.5 Å². The summed E-state index contributed by atoms with van der Waals surface area (Å²) in [5.41, 5.74) is 0.782. The van der Waals surface area contributed by atoms with Gasteiger partial charge in [-0.15, -0.1) is 0 Å². The Bertz CT molecular complexity index is 436. The lowest BCUT2D eigenvalue weighted by Gasteiger charge is -1.84. The SMILES string of the molecule is Cn1cnc(-c2nc(=S)[nH][nH]2)c1.